The number of esters is 2. The molecule has 14 heavy (non-hydrogen) atoms. The maximum absolute atomic E-state index is 11.2. The summed E-state index contributed by atoms with van der Waals surface area (Å²) in [6, 6.07) is 0. The Morgan fingerprint density at radius 3 is 1.93 bits per heavy atom. The molecule has 0 aliphatic heterocycles. The first kappa shape index (κ1) is 12.9. The predicted octanol–water partition coefficient (Wildman–Crippen LogP) is 1.53. The van der Waals surface area contributed by atoms with Gasteiger partial charge in [-0.05, 0) is 6.42 Å². The fourth-order valence-corrected chi connectivity index (χ4v) is 1.21. The van der Waals surface area contributed by atoms with Gasteiger partial charge in [-0.3, -0.25) is 9.59 Å². The van der Waals surface area contributed by atoms with E-state index in [2.05, 4.69) is 16.4 Å². The lowest BCUT2D eigenvalue weighted by Gasteiger charge is -2.11. The first-order valence-corrected chi connectivity index (χ1v) is 4.83. The largest absolute Gasteiger partial charge is 0.468 e. The number of hydrogen-bond donors (Lipinski definition) is 0. The fraction of sp³-hybridized carbons (Fsp3) is 0.800. The van der Waals surface area contributed by atoms with Gasteiger partial charge in [-0.15, -0.1) is 0 Å². The van der Waals surface area contributed by atoms with Crippen LogP contribution in [0.4, 0.5) is 0 Å². The molecule has 0 heterocycles. The monoisotopic (exact) mass is 202 g/mol. The summed E-state index contributed by atoms with van der Waals surface area (Å²) in [5, 5.41) is 0. The number of hydrogen-bond acceptors (Lipinski definition) is 4. The molecule has 0 aromatic rings. The van der Waals surface area contributed by atoms with Gasteiger partial charge in [0.2, 0.25) is 0 Å². The topological polar surface area (TPSA) is 52.6 Å². The van der Waals surface area contributed by atoms with Crippen LogP contribution in [0.2, 0.25) is 0 Å². The molecule has 0 saturated heterocycles. The minimum atomic E-state index is -0.753. The molecule has 82 valence electrons. The van der Waals surface area contributed by atoms with Crippen molar-refractivity contribution in [2.75, 3.05) is 14.2 Å². The van der Waals surface area contributed by atoms with Gasteiger partial charge in [-0.2, -0.15) is 0 Å². The zero-order valence-electron chi connectivity index (χ0n) is 9.04. The molecule has 0 rings (SSSR count). The van der Waals surface area contributed by atoms with Crippen molar-refractivity contribution in [3.63, 3.8) is 0 Å². The molecule has 0 saturated carbocycles. The van der Waals surface area contributed by atoms with Crippen molar-refractivity contribution in [3.05, 3.63) is 0 Å². The smallest absolute Gasteiger partial charge is 0.320 e. The Kier molecular flexibility index (Phi) is 6.80. The molecular formula is C10H18O4. The Balaban J connectivity index is 4.11. The summed E-state index contributed by atoms with van der Waals surface area (Å²) >= 11 is 0. The highest BCUT2D eigenvalue weighted by atomic mass is 16.5. The van der Waals surface area contributed by atoms with Crippen LogP contribution in [0.25, 0.3) is 0 Å². The lowest BCUT2D eigenvalue weighted by molar-refractivity contribution is -0.159. The Bertz CT molecular complexity index is 173. The van der Waals surface area contributed by atoms with Gasteiger partial charge in [0.1, 0.15) is 0 Å². The van der Waals surface area contributed by atoms with E-state index in [9.17, 15) is 9.59 Å². The van der Waals surface area contributed by atoms with E-state index >= 15 is 0 Å². The molecule has 4 nitrogen and oxygen atoms in total. The summed E-state index contributed by atoms with van der Waals surface area (Å²) in [4.78, 5) is 22.4. The third-order valence-corrected chi connectivity index (χ3v) is 2.07. The fourth-order valence-electron chi connectivity index (χ4n) is 1.21. The van der Waals surface area contributed by atoms with E-state index in [1.807, 2.05) is 0 Å². The van der Waals surface area contributed by atoms with Gasteiger partial charge in [-0.25, -0.2) is 0 Å². The van der Waals surface area contributed by atoms with Gasteiger partial charge in [0.05, 0.1) is 14.2 Å². The van der Waals surface area contributed by atoms with Gasteiger partial charge in [0.25, 0.3) is 0 Å². The van der Waals surface area contributed by atoms with E-state index in [4.69, 9.17) is 0 Å². The van der Waals surface area contributed by atoms with Crippen LogP contribution in [-0.4, -0.2) is 26.2 Å². The van der Waals surface area contributed by atoms with Gasteiger partial charge in [-0.1, -0.05) is 26.2 Å². The van der Waals surface area contributed by atoms with Crippen LogP contribution in [0.1, 0.15) is 32.6 Å². The predicted molar refractivity (Wildman–Crippen MR) is 51.7 cm³/mol. The first-order valence-electron chi connectivity index (χ1n) is 4.83. The maximum Gasteiger partial charge on any atom is 0.320 e. The van der Waals surface area contributed by atoms with Crippen LogP contribution in [-0.2, 0) is 19.1 Å². The van der Waals surface area contributed by atoms with Crippen molar-refractivity contribution in [1.29, 1.82) is 0 Å². The zero-order chi connectivity index (χ0) is 11.0. The number of unbranched alkanes of at least 4 members (excludes halogenated alkanes) is 2. The maximum atomic E-state index is 11.2. The van der Waals surface area contributed by atoms with E-state index < -0.39 is 17.9 Å². The van der Waals surface area contributed by atoms with Crippen molar-refractivity contribution < 1.29 is 19.1 Å². The molecular weight excluding hydrogens is 184 g/mol. The molecule has 0 spiro atoms. The minimum absolute atomic E-state index is 0.507. The molecule has 4 heteroatoms. The second-order valence-corrected chi connectivity index (χ2v) is 3.09. The van der Waals surface area contributed by atoms with Crippen LogP contribution in [0.15, 0.2) is 0 Å². The summed E-state index contributed by atoms with van der Waals surface area (Å²) in [5.41, 5.74) is 0. The van der Waals surface area contributed by atoms with Crippen molar-refractivity contribution in [2.24, 2.45) is 5.92 Å². The highest BCUT2D eigenvalue weighted by molar-refractivity contribution is 5.94. The molecule has 0 aliphatic rings. The van der Waals surface area contributed by atoms with Crippen molar-refractivity contribution >= 4 is 11.9 Å². The van der Waals surface area contributed by atoms with Gasteiger partial charge < -0.3 is 9.47 Å². The third kappa shape index (κ3) is 4.25. The summed E-state index contributed by atoms with van der Waals surface area (Å²) < 4.78 is 9.05. The average molecular weight is 202 g/mol. The van der Waals surface area contributed by atoms with Gasteiger partial charge in [0.15, 0.2) is 5.92 Å². The highest BCUT2D eigenvalue weighted by Gasteiger charge is 2.27. The lowest BCUT2D eigenvalue weighted by atomic mass is 10.0. The van der Waals surface area contributed by atoms with Gasteiger partial charge in [0, 0.05) is 0 Å². The summed E-state index contributed by atoms with van der Waals surface area (Å²) in [7, 11) is 2.55. The highest BCUT2D eigenvalue weighted by Crippen LogP contribution is 2.13. The molecule has 0 amide bonds. The van der Waals surface area contributed by atoms with Crippen molar-refractivity contribution in [3.8, 4) is 0 Å². The van der Waals surface area contributed by atoms with Crippen molar-refractivity contribution in [1.82, 2.24) is 0 Å². The van der Waals surface area contributed by atoms with Crippen LogP contribution >= 0.6 is 0 Å². The van der Waals surface area contributed by atoms with Crippen LogP contribution in [0, 0.1) is 5.92 Å². The molecule has 0 atom stereocenters. The molecule has 0 aliphatic carbocycles. The Hall–Kier alpha value is -1.06. The van der Waals surface area contributed by atoms with Crippen LogP contribution in [0.3, 0.4) is 0 Å². The normalized spacial score (nSPS) is 10.0. The molecule has 0 aromatic carbocycles. The third-order valence-electron chi connectivity index (χ3n) is 2.07. The van der Waals surface area contributed by atoms with Crippen LogP contribution in [0.5, 0.6) is 0 Å². The summed E-state index contributed by atoms with van der Waals surface area (Å²) in [6.45, 7) is 2.06. The molecule has 0 aromatic heterocycles. The summed E-state index contributed by atoms with van der Waals surface area (Å²) in [6.07, 6.45) is 3.40. The molecule has 0 N–H and O–H groups in total. The number of carbonyl (C=O) groups excluding carboxylic acids is 2. The molecule has 0 bridgehead atoms. The van der Waals surface area contributed by atoms with Crippen molar-refractivity contribution in [2.45, 2.75) is 32.6 Å². The zero-order valence-corrected chi connectivity index (χ0v) is 9.04. The molecule has 0 radical (unpaired) electrons. The average Bonchev–Trinajstić information content (AvgIpc) is 2.22. The Morgan fingerprint density at radius 1 is 1.07 bits per heavy atom. The molecule has 0 unspecified atom stereocenters. The number of ether oxygens (including phenoxy) is 2. The Morgan fingerprint density at radius 2 is 1.57 bits per heavy atom. The lowest BCUT2D eigenvalue weighted by Crippen LogP contribution is -2.26. The number of rotatable bonds is 6. The van der Waals surface area contributed by atoms with E-state index in [1.54, 1.807) is 0 Å². The van der Waals surface area contributed by atoms with E-state index in [1.165, 1.54) is 14.2 Å². The first-order chi connectivity index (χ1) is 6.67. The summed E-state index contributed by atoms with van der Waals surface area (Å²) in [5.74, 6) is -1.77. The number of methoxy groups -OCH3 is 2. The standard InChI is InChI=1S/C10H18O4/c1-4-5-6-7-8(9(11)13-2)10(12)14-3/h8H,4-7H2,1-3H3. The van der Waals surface area contributed by atoms with E-state index in [0.717, 1.165) is 19.3 Å². The quantitative estimate of drug-likeness (QED) is 0.372. The molecule has 0 fully saturated rings. The Labute approximate surface area is 84.6 Å². The second-order valence-electron chi connectivity index (χ2n) is 3.09. The minimum Gasteiger partial charge on any atom is -0.468 e. The number of carbonyl (C=O) groups is 2. The van der Waals surface area contributed by atoms with E-state index in [-0.39, 0.29) is 0 Å². The SMILES string of the molecule is CCCCCC(C(=O)OC)C(=O)OC. The van der Waals surface area contributed by atoms with Crippen LogP contribution < -0.4 is 0 Å². The van der Waals surface area contributed by atoms with E-state index in [0.29, 0.717) is 6.42 Å². The second kappa shape index (κ2) is 7.35. The van der Waals surface area contributed by atoms with Gasteiger partial charge >= 0.3 is 11.9 Å².